The van der Waals surface area contributed by atoms with Crippen molar-refractivity contribution in [2.75, 3.05) is 26.2 Å². The van der Waals surface area contributed by atoms with Gasteiger partial charge in [0.2, 0.25) is 0 Å². The Morgan fingerprint density at radius 3 is 2.25 bits per heavy atom. The van der Waals surface area contributed by atoms with Gasteiger partial charge in [0.05, 0.1) is 6.10 Å². The molecule has 2 saturated heterocycles. The van der Waals surface area contributed by atoms with Crippen LogP contribution >= 0.6 is 0 Å². The van der Waals surface area contributed by atoms with Crippen molar-refractivity contribution in [3.05, 3.63) is 0 Å². The van der Waals surface area contributed by atoms with Crippen LogP contribution in [0.4, 0.5) is 0 Å². The minimum absolute atomic E-state index is 0.322. The molecular formula is C13H25N2O. The number of nitrogens with one attached hydrogen (secondary N) is 2. The van der Waals surface area contributed by atoms with Gasteiger partial charge < -0.3 is 10.6 Å². The molecule has 0 amide bonds. The quantitative estimate of drug-likeness (QED) is 0.760. The Labute approximate surface area is 99.0 Å². The third-order valence-corrected chi connectivity index (χ3v) is 4.45. The largest absolute Gasteiger partial charge is 0.317 e. The second-order valence-electron chi connectivity index (χ2n) is 5.38. The first-order chi connectivity index (χ1) is 7.83. The molecule has 2 N–H and O–H groups in total. The molecule has 2 fully saturated rings. The lowest BCUT2D eigenvalue weighted by Crippen LogP contribution is -2.39. The standard InChI is InChI=1S/C13H25N2O/c1-2-12(11-5-8-15-9-11)13(16)10-3-6-14-7-4-10/h10-15H,2-9H2,1H3. The van der Waals surface area contributed by atoms with Crippen LogP contribution in [0.1, 0.15) is 32.6 Å². The Balaban J connectivity index is 1.90. The Morgan fingerprint density at radius 1 is 1.06 bits per heavy atom. The average Bonchev–Trinajstić information content (AvgIpc) is 2.85. The zero-order chi connectivity index (χ0) is 11.4. The van der Waals surface area contributed by atoms with Crippen LogP contribution in [-0.4, -0.2) is 32.3 Å². The first-order valence-corrected chi connectivity index (χ1v) is 6.90. The highest BCUT2D eigenvalue weighted by Crippen LogP contribution is 2.32. The van der Waals surface area contributed by atoms with E-state index >= 15 is 0 Å². The van der Waals surface area contributed by atoms with E-state index in [2.05, 4.69) is 17.6 Å². The number of piperidine rings is 1. The van der Waals surface area contributed by atoms with E-state index in [1.165, 1.54) is 6.42 Å². The van der Waals surface area contributed by atoms with Crippen LogP contribution < -0.4 is 10.6 Å². The maximum atomic E-state index is 12.5. The zero-order valence-corrected chi connectivity index (χ0v) is 10.4. The Bertz CT molecular complexity index is 198. The minimum atomic E-state index is -0.322. The molecule has 0 aromatic carbocycles. The molecule has 2 heterocycles. The molecule has 16 heavy (non-hydrogen) atoms. The van der Waals surface area contributed by atoms with Crippen LogP contribution in [0.3, 0.4) is 0 Å². The predicted molar refractivity (Wildman–Crippen MR) is 64.8 cm³/mol. The highest BCUT2D eigenvalue weighted by Gasteiger charge is 2.35. The van der Waals surface area contributed by atoms with Crippen molar-refractivity contribution < 1.29 is 5.11 Å². The van der Waals surface area contributed by atoms with Gasteiger partial charge in [-0.25, -0.2) is 5.11 Å². The predicted octanol–water partition coefficient (Wildman–Crippen LogP) is 1.42. The van der Waals surface area contributed by atoms with Crippen LogP contribution in [0.25, 0.3) is 0 Å². The lowest BCUT2D eigenvalue weighted by Gasteiger charge is -2.33. The summed E-state index contributed by atoms with van der Waals surface area (Å²) in [5.74, 6) is 1.47. The van der Waals surface area contributed by atoms with E-state index in [0.29, 0.717) is 17.8 Å². The fourth-order valence-electron chi connectivity index (χ4n) is 3.40. The van der Waals surface area contributed by atoms with Crippen molar-refractivity contribution in [2.24, 2.45) is 17.8 Å². The summed E-state index contributed by atoms with van der Waals surface area (Å²) in [6, 6.07) is 0. The third kappa shape index (κ3) is 2.76. The average molecular weight is 225 g/mol. The van der Waals surface area contributed by atoms with E-state index in [-0.39, 0.29) is 6.10 Å². The van der Waals surface area contributed by atoms with E-state index in [0.717, 1.165) is 45.4 Å². The lowest BCUT2D eigenvalue weighted by molar-refractivity contribution is -0.0386. The van der Waals surface area contributed by atoms with Gasteiger partial charge in [-0.2, -0.15) is 0 Å². The van der Waals surface area contributed by atoms with Crippen molar-refractivity contribution in [1.29, 1.82) is 0 Å². The van der Waals surface area contributed by atoms with Crippen LogP contribution in [0.15, 0.2) is 0 Å². The van der Waals surface area contributed by atoms with Gasteiger partial charge in [-0.3, -0.25) is 0 Å². The van der Waals surface area contributed by atoms with E-state index in [9.17, 15) is 5.11 Å². The van der Waals surface area contributed by atoms with Crippen molar-refractivity contribution in [3.8, 4) is 0 Å². The molecule has 2 aliphatic rings. The zero-order valence-electron chi connectivity index (χ0n) is 10.4. The maximum Gasteiger partial charge on any atom is 0.0990 e. The molecule has 3 atom stereocenters. The summed E-state index contributed by atoms with van der Waals surface area (Å²) in [6.07, 6.45) is 4.12. The summed E-state index contributed by atoms with van der Waals surface area (Å²) in [5, 5.41) is 19.3. The van der Waals surface area contributed by atoms with Gasteiger partial charge in [-0.05, 0) is 63.2 Å². The molecule has 3 nitrogen and oxygen atoms in total. The molecule has 0 saturated carbocycles. The summed E-state index contributed by atoms with van der Waals surface area (Å²) < 4.78 is 0. The summed E-state index contributed by atoms with van der Waals surface area (Å²) in [7, 11) is 0. The van der Waals surface area contributed by atoms with E-state index in [1.807, 2.05) is 0 Å². The number of hydrogen-bond acceptors (Lipinski definition) is 2. The molecule has 0 aromatic heterocycles. The summed E-state index contributed by atoms with van der Waals surface area (Å²) >= 11 is 0. The monoisotopic (exact) mass is 225 g/mol. The van der Waals surface area contributed by atoms with E-state index < -0.39 is 0 Å². The molecule has 93 valence electrons. The molecule has 0 aromatic rings. The van der Waals surface area contributed by atoms with Crippen molar-refractivity contribution >= 4 is 0 Å². The Hall–Kier alpha value is -0.120. The molecule has 0 bridgehead atoms. The maximum absolute atomic E-state index is 12.5. The number of hydrogen-bond donors (Lipinski definition) is 2. The smallest absolute Gasteiger partial charge is 0.0990 e. The van der Waals surface area contributed by atoms with Crippen LogP contribution in [0.5, 0.6) is 0 Å². The second kappa shape index (κ2) is 5.99. The first kappa shape index (κ1) is 12.3. The van der Waals surface area contributed by atoms with Gasteiger partial charge in [0.25, 0.3) is 0 Å². The van der Waals surface area contributed by atoms with E-state index in [1.54, 1.807) is 0 Å². The van der Waals surface area contributed by atoms with Gasteiger partial charge in [-0.1, -0.05) is 13.3 Å². The normalized spacial score (nSPS) is 31.5. The summed E-state index contributed by atoms with van der Waals surface area (Å²) in [5.41, 5.74) is 0. The molecule has 0 aliphatic carbocycles. The van der Waals surface area contributed by atoms with Gasteiger partial charge in [-0.15, -0.1) is 0 Å². The number of rotatable bonds is 4. The van der Waals surface area contributed by atoms with Crippen LogP contribution in [-0.2, 0) is 5.11 Å². The Kier molecular flexibility index (Phi) is 4.62. The SMILES string of the molecule is CCC(C1CCNC1)C([O])C1CCNCC1. The second-order valence-corrected chi connectivity index (χ2v) is 5.38. The molecule has 0 spiro atoms. The molecule has 2 aliphatic heterocycles. The van der Waals surface area contributed by atoms with Crippen molar-refractivity contribution in [3.63, 3.8) is 0 Å². The highest BCUT2D eigenvalue weighted by atomic mass is 16.3. The molecule has 2 rings (SSSR count). The van der Waals surface area contributed by atoms with Gasteiger partial charge in [0.1, 0.15) is 0 Å². The molecule has 3 heteroatoms. The van der Waals surface area contributed by atoms with Crippen LogP contribution in [0.2, 0.25) is 0 Å². The van der Waals surface area contributed by atoms with Crippen molar-refractivity contribution in [1.82, 2.24) is 10.6 Å². The summed E-state index contributed by atoms with van der Waals surface area (Å²) in [4.78, 5) is 0. The molecule has 3 unspecified atom stereocenters. The topological polar surface area (TPSA) is 44.0 Å². The molecular weight excluding hydrogens is 200 g/mol. The van der Waals surface area contributed by atoms with E-state index in [4.69, 9.17) is 0 Å². The first-order valence-electron chi connectivity index (χ1n) is 6.90. The van der Waals surface area contributed by atoms with Crippen molar-refractivity contribution in [2.45, 2.75) is 38.7 Å². The Morgan fingerprint density at radius 2 is 1.69 bits per heavy atom. The van der Waals surface area contributed by atoms with Crippen LogP contribution in [0, 0.1) is 17.8 Å². The fraction of sp³-hybridized carbons (Fsp3) is 1.00. The van der Waals surface area contributed by atoms with Gasteiger partial charge in [0.15, 0.2) is 0 Å². The van der Waals surface area contributed by atoms with Gasteiger partial charge in [0, 0.05) is 0 Å². The highest BCUT2D eigenvalue weighted by molar-refractivity contribution is 4.86. The molecule has 1 radical (unpaired) electrons. The minimum Gasteiger partial charge on any atom is -0.317 e. The lowest BCUT2D eigenvalue weighted by atomic mass is 9.77. The summed E-state index contributed by atoms with van der Waals surface area (Å²) in [6.45, 7) is 6.46. The van der Waals surface area contributed by atoms with Gasteiger partial charge >= 0.3 is 0 Å². The third-order valence-electron chi connectivity index (χ3n) is 4.45. The fourth-order valence-corrected chi connectivity index (χ4v) is 3.40.